The van der Waals surface area contributed by atoms with Gasteiger partial charge in [-0.05, 0) is 46.5 Å². The largest absolute Gasteiger partial charge is 0.309 e. The standard InChI is InChI=1S/C33H23NS/c1-33(2)26-13-4-5-15-29(26)34-28-18-17-20(19-25(28)23-11-8-14-27(33)31(23)34)21-10-7-12-24-22-9-3-6-16-30(22)35-32(21)24/h3-19H,1-2H3. The van der Waals surface area contributed by atoms with Gasteiger partial charge in [-0.3, -0.25) is 0 Å². The van der Waals surface area contributed by atoms with Gasteiger partial charge in [0.25, 0.3) is 0 Å². The zero-order valence-electron chi connectivity index (χ0n) is 19.7. The Morgan fingerprint density at radius 2 is 1.37 bits per heavy atom. The van der Waals surface area contributed by atoms with Crippen molar-refractivity contribution in [1.82, 2.24) is 4.57 Å². The van der Waals surface area contributed by atoms with Gasteiger partial charge in [-0.2, -0.15) is 0 Å². The highest BCUT2D eigenvalue weighted by Crippen LogP contribution is 2.48. The molecule has 0 aliphatic carbocycles. The molecule has 8 rings (SSSR count). The van der Waals surface area contributed by atoms with Crippen molar-refractivity contribution in [3.05, 3.63) is 114 Å². The van der Waals surface area contributed by atoms with Crippen LogP contribution in [0.1, 0.15) is 25.0 Å². The van der Waals surface area contributed by atoms with Gasteiger partial charge >= 0.3 is 0 Å². The smallest absolute Gasteiger partial charge is 0.0582 e. The molecule has 1 aliphatic heterocycles. The Morgan fingerprint density at radius 3 is 2.31 bits per heavy atom. The van der Waals surface area contributed by atoms with Gasteiger partial charge < -0.3 is 4.57 Å². The van der Waals surface area contributed by atoms with E-state index in [1.165, 1.54) is 69.9 Å². The molecule has 0 unspecified atom stereocenters. The maximum Gasteiger partial charge on any atom is 0.0582 e. The molecule has 0 N–H and O–H groups in total. The topological polar surface area (TPSA) is 4.93 Å². The average molecular weight is 466 g/mol. The normalized spacial score (nSPS) is 14.2. The van der Waals surface area contributed by atoms with E-state index in [1.54, 1.807) is 0 Å². The van der Waals surface area contributed by atoms with Crippen LogP contribution in [0, 0.1) is 0 Å². The fraction of sp³-hybridized carbons (Fsp3) is 0.0909. The van der Waals surface area contributed by atoms with Crippen LogP contribution in [-0.2, 0) is 5.41 Å². The number of hydrogen-bond donors (Lipinski definition) is 0. The number of nitrogens with zero attached hydrogens (tertiary/aromatic N) is 1. The molecule has 2 aromatic heterocycles. The Kier molecular flexibility index (Phi) is 3.67. The van der Waals surface area contributed by atoms with E-state index in [0.717, 1.165) is 0 Å². The summed E-state index contributed by atoms with van der Waals surface area (Å²) in [5.74, 6) is 0. The number of para-hydroxylation sites is 2. The summed E-state index contributed by atoms with van der Waals surface area (Å²) in [6.45, 7) is 4.71. The van der Waals surface area contributed by atoms with E-state index in [4.69, 9.17) is 0 Å². The maximum atomic E-state index is 2.49. The summed E-state index contributed by atoms with van der Waals surface area (Å²) in [7, 11) is 0. The lowest BCUT2D eigenvalue weighted by atomic mass is 9.75. The van der Waals surface area contributed by atoms with Crippen LogP contribution in [0.5, 0.6) is 0 Å². The number of thiophene rings is 1. The summed E-state index contributed by atoms with van der Waals surface area (Å²) in [5.41, 5.74) is 9.28. The van der Waals surface area contributed by atoms with Gasteiger partial charge in [0.1, 0.15) is 0 Å². The number of fused-ring (bicyclic) bond motifs is 8. The summed E-state index contributed by atoms with van der Waals surface area (Å²) in [4.78, 5) is 0. The SMILES string of the molecule is CC1(C)c2ccccc2-n2c3ccc(-c4cccc5c4sc4ccccc45)cc3c3cccc1c32. The van der Waals surface area contributed by atoms with Crippen molar-refractivity contribution >= 4 is 53.3 Å². The van der Waals surface area contributed by atoms with Crippen molar-refractivity contribution < 1.29 is 0 Å². The predicted octanol–water partition coefficient (Wildman–Crippen LogP) is 9.46. The number of benzene rings is 5. The van der Waals surface area contributed by atoms with E-state index in [2.05, 4.69) is 122 Å². The second-order valence-corrected chi connectivity index (χ2v) is 11.2. The lowest BCUT2D eigenvalue weighted by Gasteiger charge is -2.34. The number of hydrogen-bond acceptors (Lipinski definition) is 1. The molecule has 0 saturated carbocycles. The highest BCUT2D eigenvalue weighted by atomic mass is 32.1. The fourth-order valence-corrected chi connectivity index (χ4v) is 7.55. The molecule has 0 saturated heterocycles. The van der Waals surface area contributed by atoms with E-state index in [0.29, 0.717) is 0 Å². The molecule has 35 heavy (non-hydrogen) atoms. The molecule has 1 nitrogen and oxygen atoms in total. The first-order chi connectivity index (χ1) is 17.1. The zero-order chi connectivity index (χ0) is 23.3. The Bertz CT molecular complexity index is 1980. The minimum absolute atomic E-state index is 0.0357. The molecule has 2 heteroatoms. The van der Waals surface area contributed by atoms with E-state index in [9.17, 15) is 0 Å². The fourth-order valence-electron chi connectivity index (χ4n) is 6.31. The highest BCUT2D eigenvalue weighted by molar-refractivity contribution is 7.26. The second kappa shape index (κ2) is 6.62. The molecular formula is C33H23NS. The van der Waals surface area contributed by atoms with Crippen LogP contribution in [0.15, 0.2) is 103 Å². The molecule has 3 heterocycles. The van der Waals surface area contributed by atoms with E-state index >= 15 is 0 Å². The van der Waals surface area contributed by atoms with Gasteiger partial charge in [0, 0.05) is 36.4 Å². The molecule has 5 aromatic carbocycles. The van der Waals surface area contributed by atoms with Crippen LogP contribution in [-0.4, -0.2) is 4.57 Å². The first-order valence-corrected chi connectivity index (χ1v) is 13.0. The maximum absolute atomic E-state index is 2.49. The van der Waals surface area contributed by atoms with Crippen molar-refractivity contribution in [2.45, 2.75) is 19.3 Å². The molecule has 1 aliphatic rings. The van der Waals surface area contributed by atoms with Gasteiger partial charge in [-0.25, -0.2) is 0 Å². The summed E-state index contributed by atoms with van der Waals surface area (Å²) >= 11 is 1.90. The lowest BCUT2D eigenvalue weighted by molar-refractivity contribution is 0.630. The number of aromatic nitrogens is 1. The molecule has 0 radical (unpaired) electrons. The first-order valence-electron chi connectivity index (χ1n) is 12.2. The third-order valence-corrected chi connectivity index (χ3v) is 9.21. The highest BCUT2D eigenvalue weighted by Gasteiger charge is 2.34. The van der Waals surface area contributed by atoms with Crippen LogP contribution >= 0.6 is 11.3 Å². The Morgan fingerprint density at radius 1 is 0.629 bits per heavy atom. The molecule has 0 amide bonds. The molecule has 7 aromatic rings. The van der Waals surface area contributed by atoms with E-state index in [-0.39, 0.29) is 5.41 Å². The van der Waals surface area contributed by atoms with Crippen LogP contribution < -0.4 is 0 Å². The summed E-state index contributed by atoms with van der Waals surface area (Å²) in [6, 6.07) is 38.3. The summed E-state index contributed by atoms with van der Waals surface area (Å²) in [5, 5.41) is 5.36. The molecule has 166 valence electrons. The molecule has 0 spiro atoms. The minimum Gasteiger partial charge on any atom is -0.309 e. The van der Waals surface area contributed by atoms with Crippen molar-refractivity contribution in [2.24, 2.45) is 0 Å². The van der Waals surface area contributed by atoms with Crippen LogP contribution in [0.3, 0.4) is 0 Å². The van der Waals surface area contributed by atoms with E-state index in [1.807, 2.05) is 11.3 Å². The van der Waals surface area contributed by atoms with Crippen LogP contribution in [0.25, 0.3) is 58.8 Å². The monoisotopic (exact) mass is 465 g/mol. The third-order valence-electron chi connectivity index (χ3n) is 7.99. The van der Waals surface area contributed by atoms with Crippen LogP contribution in [0.2, 0.25) is 0 Å². The average Bonchev–Trinajstić information content (AvgIpc) is 3.43. The Hall–Kier alpha value is -3.88. The predicted molar refractivity (Wildman–Crippen MR) is 151 cm³/mol. The summed E-state index contributed by atoms with van der Waals surface area (Å²) < 4.78 is 5.21. The Labute approximate surface area is 207 Å². The molecule has 0 bridgehead atoms. The molecule has 0 atom stereocenters. The minimum atomic E-state index is -0.0357. The van der Waals surface area contributed by atoms with Crippen LogP contribution in [0.4, 0.5) is 0 Å². The zero-order valence-corrected chi connectivity index (χ0v) is 20.5. The van der Waals surface area contributed by atoms with Gasteiger partial charge in [0.2, 0.25) is 0 Å². The van der Waals surface area contributed by atoms with Gasteiger partial charge in [0.05, 0.1) is 16.7 Å². The lowest BCUT2D eigenvalue weighted by Crippen LogP contribution is -2.26. The second-order valence-electron chi connectivity index (χ2n) is 10.2. The van der Waals surface area contributed by atoms with Gasteiger partial charge in [-0.15, -0.1) is 11.3 Å². The van der Waals surface area contributed by atoms with Crippen molar-refractivity contribution in [3.8, 4) is 16.8 Å². The molecular weight excluding hydrogens is 442 g/mol. The molecule has 0 fully saturated rings. The summed E-state index contributed by atoms with van der Waals surface area (Å²) in [6.07, 6.45) is 0. The quantitative estimate of drug-likeness (QED) is 0.227. The first kappa shape index (κ1) is 19.4. The Balaban J connectivity index is 1.47. The number of rotatable bonds is 1. The third kappa shape index (κ3) is 2.42. The van der Waals surface area contributed by atoms with Crippen molar-refractivity contribution in [3.63, 3.8) is 0 Å². The van der Waals surface area contributed by atoms with Crippen molar-refractivity contribution in [1.29, 1.82) is 0 Å². The van der Waals surface area contributed by atoms with Gasteiger partial charge in [0.15, 0.2) is 0 Å². The van der Waals surface area contributed by atoms with E-state index < -0.39 is 0 Å². The van der Waals surface area contributed by atoms with Gasteiger partial charge in [-0.1, -0.05) is 92.7 Å². The van der Waals surface area contributed by atoms with Crippen molar-refractivity contribution in [2.75, 3.05) is 0 Å².